The van der Waals surface area contributed by atoms with E-state index in [1.165, 1.54) is 6.07 Å². The first-order valence-corrected chi connectivity index (χ1v) is 7.88. The molecule has 11 heteroatoms. The standard InChI is InChI=1S/C15H15F3N4O4/c16-15(17,18)9-1-3-21(4-2-9)7-8-5-10(22(25)26)6-11-12(8)20-14(24)13(23)19-11/h5-6,9H,1-4,7H2,(H,19,23)(H,20,24). The molecule has 8 nitrogen and oxygen atoms in total. The number of rotatable bonds is 3. The lowest BCUT2D eigenvalue weighted by Gasteiger charge is -2.32. The molecule has 1 saturated heterocycles. The summed E-state index contributed by atoms with van der Waals surface area (Å²) in [4.78, 5) is 39.9. The van der Waals surface area contributed by atoms with Crippen LogP contribution >= 0.6 is 0 Å². The van der Waals surface area contributed by atoms with Crippen molar-refractivity contribution in [3.8, 4) is 0 Å². The van der Waals surface area contributed by atoms with Crippen LogP contribution in [0.25, 0.3) is 11.0 Å². The Morgan fingerprint density at radius 2 is 1.77 bits per heavy atom. The van der Waals surface area contributed by atoms with E-state index in [-0.39, 0.29) is 49.2 Å². The second kappa shape index (κ2) is 6.56. The van der Waals surface area contributed by atoms with Crippen molar-refractivity contribution in [1.82, 2.24) is 14.9 Å². The van der Waals surface area contributed by atoms with Crippen LogP contribution in [0.15, 0.2) is 21.7 Å². The van der Waals surface area contributed by atoms with Crippen molar-refractivity contribution in [3.05, 3.63) is 48.5 Å². The molecule has 0 aliphatic carbocycles. The van der Waals surface area contributed by atoms with Crippen LogP contribution < -0.4 is 11.1 Å². The van der Waals surface area contributed by atoms with Gasteiger partial charge in [0.15, 0.2) is 0 Å². The lowest BCUT2D eigenvalue weighted by atomic mass is 9.96. The Hall–Kier alpha value is -2.69. The zero-order valence-electron chi connectivity index (χ0n) is 13.4. The van der Waals surface area contributed by atoms with Gasteiger partial charge in [0.05, 0.1) is 21.9 Å². The molecule has 0 bridgehead atoms. The monoisotopic (exact) mass is 372 g/mol. The highest BCUT2D eigenvalue weighted by Crippen LogP contribution is 2.34. The van der Waals surface area contributed by atoms with Gasteiger partial charge in [0.1, 0.15) is 0 Å². The zero-order valence-corrected chi connectivity index (χ0v) is 13.4. The van der Waals surface area contributed by atoms with Gasteiger partial charge in [-0.1, -0.05) is 0 Å². The number of benzene rings is 1. The SMILES string of the molecule is O=c1[nH]c2cc([N+](=O)[O-])cc(CN3CCC(C(F)(F)F)CC3)c2[nH]c1=O. The third-order valence-corrected chi connectivity index (χ3v) is 4.55. The summed E-state index contributed by atoms with van der Waals surface area (Å²) >= 11 is 0. The first-order chi connectivity index (χ1) is 12.1. The summed E-state index contributed by atoms with van der Waals surface area (Å²) in [6, 6.07) is 2.39. The fourth-order valence-corrected chi connectivity index (χ4v) is 3.17. The molecule has 2 heterocycles. The molecular formula is C15H15F3N4O4. The van der Waals surface area contributed by atoms with Gasteiger partial charge in [-0.3, -0.25) is 24.6 Å². The fraction of sp³-hybridized carbons (Fsp3) is 0.467. The van der Waals surface area contributed by atoms with E-state index in [2.05, 4.69) is 9.97 Å². The number of hydrogen-bond donors (Lipinski definition) is 2. The summed E-state index contributed by atoms with van der Waals surface area (Å²) in [6.45, 7) is 0.495. The van der Waals surface area contributed by atoms with Gasteiger partial charge in [-0.05, 0) is 31.5 Å². The van der Waals surface area contributed by atoms with E-state index in [1.54, 1.807) is 4.90 Å². The van der Waals surface area contributed by atoms with E-state index < -0.39 is 28.1 Å². The van der Waals surface area contributed by atoms with E-state index in [9.17, 15) is 32.9 Å². The summed E-state index contributed by atoms with van der Waals surface area (Å²) < 4.78 is 38.3. The minimum Gasteiger partial charge on any atom is -0.316 e. The van der Waals surface area contributed by atoms with E-state index in [0.717, 1.165) is 6.07 Å². The fourth-order valence-electron chi connectivity index (χ4n) is 3.17. The predicted octanol–water partition coefficient (Wildman–Crippen LogP) is 1.90. The second-order valence-corrected chi connectivity index (χ2v) is 6.28. The largest absolute Gasteiger partial charge is 0.391 e. The van der Waals surface area contributed by atoms with Crippen molar-refractivity contribution in [3.63, 3.8) is 0 Å². The van der Waals surface area contributed by atoms with Crippen LogP contribution in [0.1, 0.15) is 18.4 Å². The minimum atomic E-state index is -4.23. The van der Waals surface area contributed by atoms with Crippen LogP contribution in [0.5, 0.6) is 0 Å². The number of nitrogens with one attached hydrogen (secondary N) is 2. The first kappa shape index (κ1) is 18.1. The molecule has 0 amide bonds. The smallest absolute Gasteiger partial charge is 0.316 e. The van der Waals surface area contributed by atoms with E-state index >= 15 is 0 Å². The molecule has 1 aromatic carbocycles. The van der Waals surface area contributed by atoms with Crippen molar-refractivity contribution in [2.24, 2.45) is 5.92 Å². The Bertz CT molecular complexity index is 958. The summed E-state index contributed by atoms with van der Waals surface area (Å²) in [6.07, 6.45) is -4.33. The summed E-state index contributed by atoms with van der Waals surface area (Å²) in [7, 11) is 0. The van der Waals surface area contributed by atoms with E-state index in [4.69, 9.17) is 0 Å². The molecule has 140 valence electrons. The number of likely N-dealkylation sites (tertiary alicyclic amines) is 1. The maximum absolute atomic E-state index is 12.8. The number of aromatic nitrogens is 2. The molecule has 2 N–H and O–H groups in total. The quantitative estimate of drug-likeness (QED) is 0.485. The van der Waals surface area contributed by atoms with Crippen LogP contribution in [0.2, 0.25) is 0 Å². The number of hydrogen-bond acceptors (Lipinski definition) is 5. The average Bonchev–Trinajstić information content (AvgIpc) is 2.56. The normalized spacial score (nSPS) is 16.9. The Morgan fingerprint density at radius 3 is 2.35 bits per heavy atom. The van der Waals surface area contributed by atoms with Crippen molar-refractivity contribution < 1.29 is 18.1 Å². The Morgan fingerprint density at radius 1 is 1.15 bits per heavy atom. The number of halogens is 3. The Labute approximate surface area is 143 Å². The Kier molecular flexibility index (Phi) is 4.57. The number of nitro benzene ring substituents is 1. The number of piperidine rings is 1. The third-order valence-electron chi connectivity index (χ3n) is 4.55. The molecular weight excluding hydrogens is 357 g/mol. The second-order valence-electron chi connectivity index (χ2n) is 6.28. The predicted molar refractivity (Wildman–Crippen MR) is 85.9 cm³/mol. The molecule has 0 spiro atoms. The molecule has 0 radical (unpaired) electrons. The lowest BCUT2D eigenvalue weighted by Crippen LogP contribution is -2.38. The minimum absolute atomic E-state index is 0.0519. The molecule has 1 aliphatic rings. The molecule has 1 aromatic heterocycles. The number of nitro groups is 1. The maximum atomic E-state index is 12.8. The van der Waals surface area contributed by atoms with Crippen LogP contribution in [-0.4, -0.2) is 39.1 Å². The average molecular weight is 372 g/mol. The lowest BCUT2D eigenvalue weighted by molar-refractivity contribution is -0.384. The number of alkyl halides is 3. The first-order valence-electron chi connectivity index (χ1n) is 7.88. The highest BCUT2D eigenvalue weighted by molar-refractivity contribution is 5.80. The number of fused-ring (bicyclic) bond motifs is 1. The molecule has 0 unspecified atom stereocenters. The van der Waals surface area contributed by atoms with Gasteiger partial charge < -0.3 is 9.97 Å². The number of nitrogens with zero attached hydrogens (tertiary/aromatic N) is 2. The molecule has 26 heavy (non-hydrogen) atoms. The highest BCUT2D eigenvalue weighted by Gasteiger charge is 2.41. The summed E-state index contributed by atoms with van der Waals surface area (Å²) in [5.41, 5.74) is -1.41. The number of aromatic amines is 2. The number of non-ortho nitro benzene ring substituents is 1. The summed E-state index contributed by atoms with van der Waals surface area (Å²) in [5, 5.41) is 11.1. The van der Waals surface area contributed by atoms with E-state index in [0.29, 0.717) is 5.56 Å². The third kappa shape index (κ3) is 3.62. The van der Waals surface area contributed by atoms with Crippen LogP contribution in [0.3, 0.4) is 0 Å². The highest BCUT2D eigenvalue weighted by atomic mass is 19.4. The van der Waals surface area contributed by atoms with Crippen molar-refractivity contribution in [2.45, 2.75) is 25.6 Å². The van der Waals surface area contributed by atoms with Crippen molar-refractivity contribution in [2.75, 3.05) is 13.1 Å². The molecule has 0 atom stereocenters. The molecule has 0 saturated carbocycles. The Balaban J connectivity index is 1.92. The van der Waals surface area contributed by atoms with Crippen molar-refractivity contribution >= 4 is 16.7 Å². The van der Waals surface area contributed by atoms with Gasteiger partial charge in [0.2, 0.25) is 0 Å². The topological polar surface area (TPSA) is 112 Å². The van der Waals surface area contributed by atoms with Crippen LogP contribution in [0, 0.1) is 16.0 Å². The summed E-state index contributed by atoms with van der Waals surface area (Å²) in [5.74, 6) is -1.35. The maximum Gasteiger partial charge on any atom is 0.391 e. The molecule has 3 rings (SSSR count). The van der Waals surface area contributed by atoms with Crippen LogP contribution in [0.4, 0.5) is 18.9 Å². The molecule has 1 fully saturated rings. The molecule has 2 aromatic rings. The van der Waals surface area contributed by atoms with Gasteiger partial charge in [-0.15, -0.1) is 0 Å². The zero-order chi connectivity index (χ0) is 19.1. The van der Waals surface area contributed by atoms with Gasteiger partial charge in [-0.2, -0.15) is 13.2 Å². The van der Waals surface area contributed by atoms with Gasteiger partial charge >= 0.3 is 17.3 Å². The van der Waals surface area contributed by atoms with Gasteiger partial charge in [-0.25, -0.2) is 0 Å². The van der Waals surface area contributed by atoms with E-state index in [1.807, 2.05) is 0 Å². The number of H-pyrrole nitrogens is 2. The van der Waals surface area contributed by atoms with Gasteiger partial charge in [0.25, 0.3) is 5.69 Å². The van der Waals surface area contributed by atoms with Gasteiger partial charge in [0, 0.05) is 18.7 Å². The van der Waals surface area contributed by atoms with Crippen LogP contribution in [-0.2, 0) is 6.54 Å². The molecule has 1 aliphatic heterocycles. The van der Waals surface area contributed by atoms with Crippen molar-refractivity contribution in [1.29, 1.82) is 0 Å².